The summed E-state index contributed by atoms with van der Waals surface area (Å²) in [4.78, 5) is 11.4. The number of hydrogen-bond acceptors (Lipinski definition) is 5. The van der Waals surface area contributed by atoms with Gasteiger partial charge in [0.25, 0.3) is 0 Å². The maximum Gasteiger partial charge on any atom is 0.222 e. The van der Waals surface area contributed by atoms with Crippen LogP contribution >= 0.6 is 0 Å². The molecule has 0 aromatic carbocycles. The lowest BCUT2D eigenvalue weighted by Gasteiger charge is -2.30. The van der Waals surface area contributed by atoms with Crippen molar-refractivity contribution in [3.05, 3.63) is 0 Å². The first kappa shape index (κ1) is 14.3. The van der Waals surface area contributed by atoms with E-state index in [0.29, 0.717) is 0 Å². The molecule has 0 aromatic rings. The topological polar surface area (TPSA) is 116 Å². The van der Waals surface area contributed by atoms with Crippen molar-refractivity contribution in [2.45, 2.75) is 31.3 Å². The molecule has 0 saturated heterocycles. The molecular formula is C9H20N2O4. The van der Waals surface area contributed by atoms with E-state index >= 15 is 0 Å². The fraction of sp³-hybridized carbons (Fsp3) is 0.889. The lowest BCUT2D eigenvalue weighted by molar-refractivity contribution is -0.126. The van der Waals surface area contributed by atoms with Crippen molar-refractivity contribution in [3.63, 3.8) is 0 Å². The van der Waals surface area contributed by atoms with Gasteiger partial charge in [-0.25, -0.2) is 0 Å². The first-order valence-electron chi connectivity index (χ1n) is 4.71. The fourth-order valence-corrected chi connectivity index (χ4v) is 1.02. The van der Waals surface area contributed by atoms with Crippen molar-refractivity contribution < 1.29 is 20.1 Å². The van der Waals surface area contributed by atoms with Crippen LogP contribution in [0.4, 0.5) is 0 Å². The summed E-state index contributed by atoms with van der Waals surface area (Å²) < 4.78 is 0. The largest absolute Gasteiger partial charge is 0.394 e. The van der Waals surface area contributed by atoms with E-state index < -0.39 is 36.8 Å². The van der Waals surface area contributed by atoms with Gasteiger partial charge in [0.2, 0.25) is 5.91 Å². The van der Waals surface area contributed by atoms with E-state index in [1.165, 1.54) is 0 Å². The van der Waals surface area contributed by atoms with Crippen molar-refractivity contribution in [1.29, 1.82) is 0 Å². The average Bonchev–Trinajstić information content (AvgIpc) is 2.11. The first-order valence-corrected chi connectivity index (χ1v) is 4.71. The molecule has 0 saturated carbocycles. The SMILES string of the molecule is CC(C)(N)CC(=O)NC(CO)(CO)CO. The van der Waals surface area contributed by atoms with E-state index in [-0.39, 0.29) is 6.42 Å². The molecule has 6 nitrogen and oxygen atoms in total. The number of aliphatic hydroxyl groups is 3. The van der Waals surface area contributed by atoms with Crippen LogP contribution in [-0.4, -0.2) is 52.1 Å². The lowest BCUT2D eigenvalue weighted by Crippen LogP contribution is -2.58. The molecule has 6 N–H and O–H groups in total. The zero-order valence-corrected chi connectivity index (χ0v) is 9.16. The van der Waals surface area contributed by atoms with E-state index in [4.69, 9.17) is 21.1 Å². The number of carbonyl (C=O) groups excluding carboxylic acids is 1. The zero-order valence-electron chi connectivity index (χ0n) is 9.16. The Hall–Kier alpha value is -0.690. The molecule has 90 valence electrons. The Labute approximate surface area is 89.1 Å². The van der Waals surface area contributed by atoms with E-state index in [1.54, 1.807) is 13.8 Å². The second kappa shape index (κ2) is 5.41. The van der Waals surface area contributed by atoms with Gasteiger partial charge in [-0.1, -0.05) is 0 Å². The fourth-order valence-electron chi connectivity index (χ4n) is 1.02. The molecule has 0 aliphatic heterocycles. The molecular weight excluding hydrogens is 200 g/mol. The van der Waals surface area contributed by atoms with Gasteiger partial charge in [0.15, 0.2) is 0 Å². The summed E-state index contributed by atoms with van der Waals surface area (Å²) in [5.41, 5.74) is 3.59. The van der Waals surface area contributed by atoms with Crippen molar-refractivity contribution in [2.24, 2.45) is 5.73 Å². The van der Waals surface area contributed by atoms with Crippen LogP contribution < -0.4 is 11.1 Å². The maximum absolute atomic E-state index is 11.4. The van der Waals surface area contributed by atoms with Crippen molar-refractivity contribution in [3.8, 4) is 0 Å². The highest BCUT2D eigenvalue weighted by Gasteiger charge is 2.31. The smallest absolute Gasteiger partial charge is 0.222 e. The quantitative estimate of drug-likeness (QED) is 0.353. The third-order valence-corrected chi connectivity index (χ3v) is 1.93. The summed E-state index contributed by atoms with van der Waals surface area (Å²) in [5.74, 6) is -0.417. The number of hydrogen-bond donors (Lipinski definition) is 5. The Kier molecular flexibility index (Phi) is 5.16. The van der Waals surface area contributed by atoms with Crippen molar-refractivity contribution >= 4 is 5.91 Å². The summed E-state index contributed by atoms with van der Waals surface area (Å²) in [5, 5.41) is 29.2. The maximum atomic E-state index is 11.4. The van der Waals surface area contributed by atoms with Crippen LogP contribution in [0, 0.1) is 0 Å². The van der Waals surface area contributed by atoms with Gasteiger partial charge >= 0.3 is 0 Å². The Morgan fingerprint density at radius 1 is 1.20 bits per heavy atom. The third-order valence-electron chi connectivity index (χ3n) is 1.93. The number of rotatable bonds is 6. The van der Waals surface area contributed by atoms with Gasteiger partial charge in [0, 0.05) is 12.0 Å². The third kappa shape index (κ3) is 5.08. The Balaban J connectivity index is 4.36. The second-order valence-electron chi connectivity index (χ2n) is 4.47. The summed E-state index contributed by atoms with van der Waals surface area (Å²) in [7, 11) is 0. The molecule has 0 aliphatic carbocycles. The highest BCUT2D eigenvalue weighted by molar-refractivity contribution is 5.78. The number of nitrogens with two attached hydrogens (primary N) is 1. The van der Waals surface area contributed by atoms with Gasteiger partial charge in [-0.3, -0.25) is 4.79 Å². The zero-order chi connectivity index (χ0) is 12.1. The molecule has 0 aliphatic rings. The minimum absolute atomic E-state index is 0.0503. The molecule has 0 atom stereocenters. The molecule has 0 radical (unpaired) electrons. The van der Waals surface area contributed by atoms with Gasteiger partial charge in [-0.15, -0.1) is 0 Å². The molecule has 1 amide bonds. The van der Waals surface area contributed by atoms with Gasteiger partial charge in [0.05, 0.1) is 19.8 Å². The number of carbonyl (C=O) groups is 1. The summed E-state index contributed by atoms with van der Waals surface area (Å²) >= 11 is 0. The van der Waals surface area contributed by atoms with E-state index in [2.05, 4.69) is 5.32 Å². The van der Waals surface area contributed by atoms with E-state index in [1.807, 2.05) is 0 Å². The minimum atomic E-state index is -1.37. The highest BCUT2D eigenvalue weighted by atomic mass is 16.3. The van der Waals surface area contributed by atoms with Crippen LogP contribution in [0.2, 0.25) is 0 Å². The van der Waals surface area contributed by atoms with Gasteiger partial charge in [-0.05, 0) is 13.8 Å². The molecule has 0 aromatic heterocycles. The van der Waals surface area contributed by atoms with Crippen LogP contribution in [0.5, 0.6) is 0 Å². The summed E-state index contributed by atoms with van der Waals surface area (Å²) in [6.45, 7) is 1.78. The average molecular weight is 220 g/mol. The molecule has 0 unspecified atom stereocenters. The molecule has 15 heavy (non-hydrogen) atoms. The monoisotopic (exact) mass is 220 g/mol. The van der Waals surface area contributed by atoms with Crippen molar-refractivity contribution in [1.82, 2.24) is 5.32 Å². The van der Waals surface area contributed by atoms with Crippen LogP contribution in [0.25, 0.3) is 0 Å². The predicted molar refractivity (Wildman–Crippen MR) is 55.0 cm³/mol. The molecule has 0 heterocycles. The molecule has 0 spiro atoms. The molecule has 6 heteroatoms. The predicted octanol–water partition coefficient (Wildman–Crippen LogP) is -2.05. The Morgan fingerprint density at radius 2 is 1.60 bits per heavy atom. The van der Waals surface area contributed by atoms with Crippen LogP contribution in [0.3, 0.4) is 0 Å². The second-order valence-corrected chi connectivity index (χ2v) is 4.47. The Morgan fingerprint density at radius 3 is 1.87 bits per heavy atom. The minimum Gasteiger partial charge on any atom is -0.394 e. The number of nitrogens with one attached hydrogen (secondary N) is 1. The Bertz CT molecular complexity index is 200. The summed E-state index contributed by atoms with van der Waals surface area (Å²) in [6.07, 6.45) is 0.0503. The highest BCUT2D eigenvalue weighted by Crippen LogP contribution is 2.07. The lowest BCUT2D eigenvalue weighted by atomic mass is 9.99. The normalized spacial score (nSPS) is 12.7. The molecule has 0 fully saturated rings. The van der Waals surface area contributed by atoms with Crippen LogP contribution in [0.15, 0.2) is 0 Å². The van der Waals surface area contributed by atoms with Crippen LogP contribution in [0.1, 0.15) is 20.3 Å². The standard InChI is InChI=1S/C9H20N2O4/c1-8(2,10)3-7(15)11-9(4-12,5-13)6-14/h12-14H,3-6,10H2,1-2H3,(H,11,15). The summed E-state index contributed by atoms with van der Waals surface area (Å²) in [6, 6.07) is 0. The molecule has 0 rings (SSSR count). The van der Waals surface area contributed by atoms with Gasteiger partial charge in [0.1, 0.15) is 5.54 Å². The van der Waals surface area contributed by atoms with E-state index in [9.17, 15) is 4.79 Å². The number of aliphatic hydroxyl groups excluding tert-OH is 3. The van der Waals surface area contributed by atoms with Gasteiger partial charge in [-0.2, -0.15) is 0 Å². The van der Waals surface area contributed by atoms with Crippen molar-refractivity contribution in [2.75, 3.05) is 19.8 Å². The first-order chi connectivity index (χ1) is 6.78. The molecule has 0 bridgehead atoms. The number of amides is 1. The van der Waals surface area contributed by atoms with Gasteiger partial charge < -0.3 is 26.4 Å². The van der Waals surface area contributed by atoms with Crippen LogP contribution in [-0.2, 0) is 4.79 Å². The van der Waals surface area contributed by atoms with E-state index in [0.717, 1.165) is 0 Å².